The van der Waals surface area contributed by atoms with Gasteiger partial charge in [-0.2, -0.15) is 0 Å². The SMILES string of the molecule is CC(=O)[O-].NCCCN.[Cu+]. The van der Waals surface area contributed by atoms with E-state index < -0.39 is 5.97 Å². The molecule has 0 aromatic carbocycles. The van der Waals surface area contributed by atoms with E-state index in [2.05, 4.69) is 0 Å². The molecule has 0 atom stereocenters. The number of carboxylic acid groups (broad SMARTS) is 1. The van der Waals surface area contributed by atoms with Crippen molar-refractivity contribution in [3.8, 4) is 0 Å². The van der Waals surface area contributed by atoms with Crippen LogP contribution in [0.1, 0.15) is 13.3 Å². The number of aliphatic carboxylic acids is 1. The van der Waals surface area contributed by atoms with Crippen LogP contribution in [0.5, 0.6) is 0 Å². The zero-order chi connectivity index (χ0) is 7.70. The molecule has 0 bridgehead atoms. The van der Waals surface area contributed by atoms with Gasteiger partial charge in [0.15, 0.2) is 0 Å². The van der Waals surface area contributed by atoms with Crippen molar-refractivity contribution in [2.75, 3.05) is 13.1 Å². The molecule has 0 aliphatic heterocycles. The van der Waals surface area contributed by atoms with Crippen LogP contribution in [0.3, 0.4) is 0 Å². The first kappa shape index (κ1) is 16.5. The van der Waals surface area contributed by atoms with Gasteiger partial charge in [0.05, 0.1) is 0 Å². The summed E-state index contributed by atoms with van der Waals surface area (Å²) in [6, 6.07) is 0. The van der Waals surface area contributed by atoms with Gasteiger partial charge < -0.3 is 21.4 Å². The van der Waals surface area contributed by atoms with E-state index >= 15 is 0 Å². The Morgan fingerprint density at radius 2 is 1.60 bits per heavy atom. The largest absolute Gasteiger partial charge is 1.00 e. The Labute approximate surface area is 71.4 Å². The molecule has 0 heterocycles. The van der Waals surface area contributed by atoms with Gasteiger partial charge >= 0.3 is 17.1 Å². The molecule has 4 nitrogen and oxygen atoms in total. The van der Waals surface area contributed by atoms with Crippen molar-refractivity contribution in [3.05, 3.63) is 0 Å². The van der Waals surface area contributed by atoms with Gasteiger partial charge in [-0.3, -0.25) is 0 Å². The van der Waals surface area contributed by atoms with Crippen LogP contribution in [-0.4, -0.2) is 19.1 Å². The maximum atomic E-state index is 8.89. The fourth-order valence-corrected chi connectivity index (χ4v) is 0.118. The normalized spacial score (nSPS) is 6.70. The smallest absolute Gasteiger partial charge is 0.550 e. The zero-order valence-corrected chi connectivity index (χ0v) is 6.84. The van der Waals surface area contributed by atoms with Crippen LogP contribution in [0.25, 0.3) is 0 Å². The second-order valence-electron chi connectivity index (χ2n) is 1.42. The fraction of sp³-hybridized carbons (Fsp3) is 0.800. The molecule has 0 unspecified atom stereocenters. The second kappa shape index (κ2) is 16.0. The van der Waals surface area contributed by atoms with Crippen molar-refractivity contribution in [2.45, 2.75) is 13.3 Å². The molecule has 0 radical (unpaired) electrons. The van der Waals surface area contributed by atoms with Gasteiger partial charge in [0.1, 0.15) is 0 Å². The molecule has 0 saturated heterocycles. The summed E-state index contributed by atoms with van der Waals surface area (Å²) in [6.45, 7) is 2.41. The Kier molecular flexibility index (Phi) is 26.3. The number of rotatable bonds is 2. The number of carbonyl (C=O) groups excluding carboxylic acids is 1. The van der Waals surface area contributed by atoms with Gasteiger partial charge in [0, 0.05) is 5.97 Å². The van der Waals surface area contributed by atoms with Crippen molar-refractivity contribution in [3.63, 3.8) is 0 Å². The van der Waals surface area contributed by atoms with E-state index in [9.17, 15) is 0 Å². The molecular formula is C5H13CuN2O2. The van der Waals surface area contributed by atoms with E-state index in [4.69, 9.17) is 21.4 Å². The molecule has 0 rings (SSSR count). The van der Waals surface area contributed by atoms with Gasteiger partial charge in [-0.25, -0.2) is 0 Å². The molecule has 0 amide bonds. The Balaban J connectivity index is -0.0000000910. The van der Waals surface area contributed by atoms with Crippen LogP contribution in [0, 0.1) is 0 Å². The molecule has 0 aliphatic rings. The molecule has 0 aromatic heterocycles. The van der Waals surface area contributed by atoms with Gasteiger partial charge in [0.25, 0.3) is 0 Å². The van der Waals surface area contributed by atoms with E-state index in [1.54, 1.807) is 0 Å². The van der Waals surface area contributed by atoms with Crippen LogP contribution >= 0.6 is 0 Å². The summed E-state index contributed by atoms with van der Waals surface area (Å²) in [4.78, 5) is 8.89. The number of carboxylic acids is 1. The van der Waals surface area contributed by atoms with Crippen LogP contribution in [0.2, 0.25) is 0 Å². The van der Waals surface area contributed by atoms with Crippen molar-refractivity contribution < 1.29 is 27.0 Å². The van der Waals surface area contributed by atoms with E-state index in [1.807, 2.05) is 0 Å². The van der Waals surface area contributed by atoms with Crippen molar-refractivity contribution >= 4 is 5.97 Å². The average Bonchev–Trinajstić information content (AvgIpc) is 1.66. The Bertz CT molecular complexity index is 64.7. The molecule has 0 aromatic rings. The topological polar surface area (TPSA) is 92.2 Å². The summed E-state index contributed by atoms with van der Waals surface area (Å²) in [5.41, 5.74) is 10.1. The second-order valence-corrected chi connectivity index (χ2v) is 1.42. The minimum atomic E-state index is -1.08. The Hall–Kier alpha value is -0.0905. The Morgan fingerprint density at radius 1 is 1.40 bits per heavy atom. The fourth-order valence-electron chi connectivity index (χ4n) is 0.118. The average molecular weight is 197 g/mol. The number of carbonyl (C=O) groups is 1. The molecular weight excluding hydrogens is 184 g/mol. The van der Waals surface area contributed by atoms with Crippen LogP contribution < -0.4 is 16.6 Å². The molecule has 5 heteroatoms. The van der Waals surface area contributed by atoms with Gasteiger partial charge in [0.2, 0.25) is 0 Å². The molecule has 10 heavy (non-hydrogen) atoms. The van der Waals surface area contributed by atoms with E-state index in [0.717, 1.165) is 26.4 Å². The van der Waals surface area contributed by atoms with E-state index in [1.165, 1.54) is 0 Å². The molecule has 4 N–H and O–H groups in total. The molecule has 66 valence electrons. The monoisotopic (exact) mass is 196 g/mol. The van der Waals surface area contributed by atoms with E-state index in [-0.39, 0.29) is 17.1 Å². The van der Waals surface area contributed by atoms with Crippen LogP contribution in [-0.2, 0) is 21.9 Å². The summed E-state index contributed by atoms with van der Waals surface area (Å²) in [7, 11) is 0. The summed E-state index contributed by atoms with van der Waals surface area (Å²) in [5, 5.41) is 8.89. The molecule has 0 saturated carbocycles. The first-order valence-electron chi connectivity index (χ1n) is 2.72. The quantitative estimate of drug-likeness (QED) is 0.502. The standard InChI is InChI=1S/C3H10N2.C2H4O2.Cu/c4-2-1-3-5;1-2(3)4;/h1-5H2;1H3,(H,3,4);/q;;+1/p-1. The third kappa shape index (κ3) is 104. The van der Waals surface area contributed by atoms with Gasteiger partial charge in [-0.05, 0) is 26.4 Å². The van der Waals surface area contributed by atoms with Gasteiger partial charge in [-0.15, -0.1) is 0 Å². The van der Waals surface area contributed by atoms with Gasteiger partial charge in [-0.1, -0.05) is 0 Å². The first-order valence-corrected chi connectivity index (χ1v) is 2.72. The number of hydrogen-bond donors (Lipinski definition) is 2. The zero-order valence-electron chi connectivity index (χ0n) is 5.89. The maximum Gasteiger partial charge on any atom is 1.00 e. The van der Waals surface area contributed by atoms with E-state index in [0.29, 0.717) is 0 Å². The van der Waals surface area contributed by atoms with Crippen LogP contribution in [0.4, 0.5) is 0 Å². The summed E-state index contributed by atoms with van der Waals surface area (Å²) in [5.74, 6) is -1.08. The van der Waals surface area contributed by atoms with Crippen LogP contribution in [0.15, 0.2) is 0 Å². The third-order valence-electron chi connectivity index (χ3n) is 0.408. The predicted molar refractivity (Wildman–Crippen MR) is 33.4 cm³/mol. The van der Waals surface area contributed by atoms with Crippen molar-refractivity contribution in [1.29, 1.82) is 0 Å². The summed E-state index contributed by atoms with van der Waals surface area (Å²) in [6.07, 6.45) is 0.944. The predicted octanol–water partition coefficient (Wildman–Crippen LogP) is -1.95. The molecule has 0 fully saturated rings. The number of nitrogens with two attached hydrogens (primary N) is 2. The minimum absolute atomic E-state index is 0. The minimum Gasteiger partial charge on any atom is -0.550 e. The van der Waals surface area contributed by atoms with Crippen molar-refractivity contribution in [1.82, 2.24) is 0 Å². The first-order chi connectivity index (χ1) is 4.15. The summed E-state index contributed by atoms with van der Waals surface area (Å²) < 4.78 is 0. The molecule has 0 spiro atoms. The van der Waals surface area contributed by atoms with Crippen molar-refractivity contribution in [2.24, 2.45) is 11.5 Å². The maximum absolute atomic E-state index is 8.89. The Morgan fingerprint density at radius 3 is 1.60 bits per heavy atom. The number of hydrogen-bond acceptors (Lipinski definition) is 4. The third-order valence-corrected chi connectivity index (χ3v) is 0.408. The summed E-state index contributed by atoms with van der Waals surface area (Å²) >= 11 is 0. The molecule has 0 aliphatic carbocycles.